The van der Waals surface area contributed by atoms with Crippen molar-refractivity contribution >= 4 is 11.8 Å². The zero-order valence-corrected chi connectivity index (χ0v) is 17.4. The molecule has 0 radical (unpaired) electrons. The molecule has 0 unspecified atom stereocenters. The van der Waals surface area contributed by atoms with Gasteiger partial charge in [0.05, 0.1) is 11.6 Å². The number of aryl methyl sites for hydroxylation is 1. The highest BCUT2D eigenvalue weighted by Gasteiger charge is 2.59. The summed E-state index contributed by atoms with van der Waals surface area (Å²) < 4.78 is 1.94. The monoisotopic (exact) mass is 387 g/mol. The minimum absolute atomic E-state index is 0.0197. The van der Waals surface area contributed by atoms with Crippen LogP contribution in [0.5, 0.6) is 0 Å². The van der Waals surface area contributed by atoms with Gasteiger partial charge in [-0.05, 0) is 19.8 Å². The molecule has 0 bridgehead atoms. The van der Waals surface area contributed by atoms with Gasteiger partial charge in [0.15, 0.2) is 0 Å². The Balaban J connectivity index is 1.53. The summed E-state index contributed by atoms with van der Waals surface area (Å²) in [6.07, 6.45) is 6.22. The average molecular weight is 388 g/mol. The smallest absolute Gasteiger partial charge is 0.232 e. The van der Waals surface area contributed by atoms with Crippen LogP contribution in [-0.4, -0.2) is 75.6 Å². The summed E-state index contributed by atoms with van der Waals surface area (Å²) in [7, 11) is 0. The van der Waals surface area contributed by atoms with Gasteiger partial charge in [-0.3, -0.25) is 19.2 Å². The molecule has 4 rings (SSSR count). The normalized spacial score (nSPS) is 27.8. The molecule has 3 aliphatic rings. The van der Waals surface area contributed by atoms with E-state index in [1.54, 1.807) is 0 Å². The van der Waals surface area contributed by atoms with Crippen LogP contribution >= 0.6 is 0 Å². The number of aromatic nitrogens is 2. The lowest BCUT2D eigenvalue weighted by molar-refractivity contribution is -0.142. The lowest BCUT2D eigenvalue weighted by Gasteiger charge is -2.32. The highest BCUT2D eigenvalue weighted by Crippen LogP contribution is 2.45. The van der Waals surface area contributed by atoms with Crippen LogP contribution in [0.15, 0.2) is 12.4 Å². The maximum Gasteiger partial charge on any atom is 0.232 e. The van der Waals surface area contributed by atoms with E-state index in [0.717, 1.165) is 52.1 Å². The maximum absolute atomic E-state index is 13.6. The third-order valence-electron chi connectivity index (χ3n) is 6.72. The fourth-order valence-electron chi connectivity index (χ4n) is 5.28. The molecule has 0 aromatic carbocycles. The van der Waals surface area contributed by atoms with E-state index in [4.69, 9.17) is 0 Å². The third kappa shape index (κ3) is 3.34. The zero-order valence-electron chi connectivity index (χ0n) is 17.4. The fourth-order valence-corrected chi connectivity index (χ4v) is 5.28. The molecule has 7 heteroatoms. The first-order valence-corrected chi connectivity index (χ1v) is 10.7. The van der Waals surface area contributed by atoms with Gasteiger partial charge in [-0.25, -0.2) is 0 Å². The van der Waals surface area contributed by atoms with E-state index < -0.39 is 5.41 Å². The topological polar surface area (TPSA) is 61.7 Å². The second-order valence-corrected chi connectivity index (χ2v) is 9.10. The summed E-state index contributed by atoms with van der Waals surface area (Å²) in [5, 5.41) is 4.38. The molecule has 7 nitrogen and oxygen atoms in total. The number of carbonyl (C=O) groups excluding carboxylic acids is 2. The SMILES string of the molecule is CCn1cc(CN2C[C@@H]3CN(C(=O)C(C)C)C[C@]3(C(=O)N3CCCC3)C2)cn1. The van der Waals surface area contributed by atoms with Crippen molar-refractivity contribution in [3.8, 4) is 0 Å². The van der Waals surface area contributed by atoms with Crippen molar-refractivity contribution in [1.82, 2.24) is 24.5 Å². The van der Waals surface area contributed by atoms with Crippen LogP contribution in [0.1, 0.15) is 39.2 Å². The van der Waals surface area contributed by atoms with Crippen molar-refractivity contribution in [1.29, 1.82) is 0 Å². The molecule has 154 valence electrons. The van der Waals surface area contributed by atoms with Crippen LogP contribution < -0.4 is 0 Å². The molecule has 1 aromatic rings. The maximum atomic E-state index is 13.6. The Morgan fingerprint density at radius 3 is 2.57 bits per heavy atom. The summed E-state index contributed by atoms with van der Waals surface area (Å²) in [5.74, 6) is 0.665. The Hall–Kier alpha value is -1.89. The molecule has 0 N–H and O–H groups in total. The van der Waals surface area contributed by atoms with Gasteiger partial charge in [-0.1, -0.05) is 13.8 Å². The minimum Gasteiger partial charge on any atom is -0.342 e. The van der Waals surface area contributed by atoms with Crippen LogP contribution in [-0.2, 0) is 22.7 Å². The molecule has 2 atom stereocenters. The molecule has 28 heavy (non-hydrogen) atoms. The quantitative estimate of drug-likeness (QED) is 0.767. The van der Waals surface area contributed by atoms with Gasteiger partial charge in [-0.2, -0.15) is 5.10 Å². The lowest BCUT2D eigenvalue weighted by atomic mass is 9.79. The van der Waals surface area contributed by atoms with Crippen LogP contribution in [0.2, 0.25) is 0 Å². The number of carbonyl (C=O) groups is 2. The van der Waals surface area contributed by atoms with E-state index in [2.05, 4.69) is 28.0 Å². The second-order valence-electron chi connectivity index (χ2n) is 9.10. The van der Waals surface area contributed by atoms with E-state index in [9.17, 15) is 9.59 Å². The molecule has 3 fully saturated rings. The Morgan fingerprint density at radius 2 is 1.93 bits per heavy atom. The van der Waals surface area contributed by atoms with Gasteiger partial charge >= 0.3 is 0 Å². The Labute approximate surface area is 167 Å². The first-order valence-electron chi connectivity index (χ1n) is 10.7. The molecule has 2 amide bonds. The highest BCUT2D eigenvalue weighted by molar-refractivity contribution is 5.87. The van der Waals surface area contributed by atoms with Gasteiger partial charge in [0, 0.05) is 76.0 Å². The summed E-state index contributed by atoms with van der Waals surface area (Å²) in [6, 6.07) is 0. The Kier molecular flexibility index (Phi) is 5.21. The summed E-state index contributed by atoms with van der Waals surface area (Å²) in [6.45, 7) is 12.3. The van der Waals surface area contributed by atoms with E-state index >= 15 is 0 Å². The van der Waals surface area contributed by atoms with Crippen molar-refractivity contribution in [2.24, 2.45) is 17.3 Å². The van der Waals surface area contributed by atoms with Crippen LogP contribution in [0, 0.1) is 17.3 Å². The van der Waals surface area contributed by atoms with E-state index in [1.165, 1.54) is 5.56 Å². The molecule has 3 aliphatic heterocycles. The Bertz CT molecular complexity index is 739. The number of hydrogen-bond acceptors (Lipinski definition) is 4. The molecule has 0 spiro atoms. The predicted octanol–water partition coefficient (Wildman–Crippen LogP) is 1.44. The largest absolute Gasteiger partial charge is 0.342 e. The molecule has 1 aromatic heterocycles. The minimum atomic E-state index is -0.435. The predicted molar refractivity (Wildman–Crippen MR) is 106 cm³/mol. The number of nitrogens with zero attached hydrogens (tertiary/aromatic N) is 5. The number of fused-ring (bicyclic) bond motifs is 1. The van der Waals surface area contributed by atoms with Gasteiger partial charge in [-0.15, -0.1) is 0 Å². The molecule has 0 aliphatic carbocycles. The van der Waals surface area contributed by atoms with Crippen LogP contribution in [0.3, 0.4) is 0 Å². The number of rotatable bonds is 5. The van der Waals surface area contributed by atoms with Gasteiger partial charge < -0.3 is 9.80 Å². The standard InChI is InChI=1S/C21H33N5O2/c1-4-26-11-17(9-22-26)10-23-12-18-13-25(19(27)16(2)3)15-21(18,14-23)20(28)24-7-5-6-8-24/h9,11,16,18H,4-8,10,12-15H2,1-3H3/t18-,21-/m1/s1. The number of likely N-dealkylation sites (tertiary alicyclic amines) is 3. The third-order valence-corrected chi connectivity index (χ3v) is 6.72. The number of hydrogen-bond donors (Lipinski definition) is 0. The Morgan fingerprint density at radius 1 is 1.18 bits per heavy atom. The van der Waals surface area contributed by atoms with Crippen LogP contribution in [0.25, 0.3) is 0 Å². The average Bonchev–Trinajstić information content (AvgIpc) is 3.43. The lowest BCUT2D eigenvalue weighted by Crippen LogP contribution is -2.49. The molecular weight excluding hydrogens is 354 g/mol. The summed E-state index contributed by atoms with van der Waals surface area (Å²) in [5.41, 5.74) is 0.760. The summed E-state index contributed by atoms with van der Waals surface area (Å²) in [4.78, 5) is 32.6. The van der Waals surface area contributed by atoms with Crippen molar-refractivity contribution in [2.75, 3.05) is 39.3 Å². The van der Waals surface area contributed by atoms with E-state index in [0.29, 0.717) is 13.1 Å². The van der Waals surface area contributed by atoms with Gasteiger partial charge in [0.1, 0.15) is 0 Å². The second kappa shape index (κ2) is 7.50. The molecular formula is C21H33N5O2. The van der Waals surface area contributed by atoms with Crippen molar-refractivity contribution in [3.05, 3.63) is 18.0 Å². The van der Waals surface area contributed by atoms with Crippen molar-refractivity contribution in [3.63, 3.8) is 0 Å². The van der Waals surface area contributed by atoms with Crippen molar-refractivity contribution in [2.45, 2.75) is 46.7 Å². The first-order chi connectivity index (χ1) is 13.4. The van der Waals surface area contributed by atoms with Gasteiger partial charge in [0.2, 0.25) is 11.8 Å². The zero-order chi connectivity index (χ0) is 19.9. The van der Waals surface area contributed by atoms with E-state index in [1.807, 2.05) is 29.6 Å². The summed E-state index contributed by atoms with van der Waals surface area (Å²) >= 11 is 0. The van der Waals surface area contributed by atoms with Crippen molar-refractivity contribution < 1.29 is 9.59 Å². The van der Waals surface area contributed by atoms with Gasteiger partial charge in [0.25, 0.3) is 0 Å². The van der Waals surface area contributed by atoms with E-state index in [-0.39, 0.29) is 23.7 Å². The van der Waals surface area contributed by atoms with Crippen LogP contribution in [0.4, 0.5) is 0 Å². The number of amides is 2. The molecule has 3 saturated heterocycles. The molecule has 4 heterocycles. The first kappa shape index (κ1) is 19.4. The molecule has 0 saturated carbocycles. The fraction of sp³-hybridized carbons (Fsp3) is 0.762. The highest BCUT2D eigenvalue weighted by atomic mass is 16.2.